The summed E-state index contributed by atoms with van der Waals surface area (Å²) in [5.41, 5.74) is 3.25. The molecule has 4 heteroatoms. The van der Waals surface area contributed by atoms with Gasteiger partial charge in [-0.3, -0.25) is 4.79 Å². The van der Waals surface area contributed by atoms with Crippen molar-refractivity contribution in [1.82, 2.24) is 4.90 Å². The lowest BCUT2D eigenvalue weighted by molar-refractivity contribution is -0.159. The lowest BCUT2D eigenvalue weighted by Gasteiger charge is -2.61. The summed E-state index contributed by atoms with van der Waals surface area (Å²) in [5.74, 6) is 3.52. The lowest BCUT2D eigenvalue weighted by atomic mass is 9.47. The fourth-order valence-electron chi connectivity index (χ4n) is 8.74. The number of ether oxygens (including phenoxy) is 1. The molecular weight excluding hydrogens is 408 g/mol. The molecule has 0 aromatic heterocycles. The zero-order valence-corrected chi connectivity index (χ0v) is 21.5. The number of amides is 1. The Kier molecular flexibility index (Phi) is 6.04. The van der Waals surface area contributed by atoms with Gasteiger partial charge in [0.25, 0.3) is 0 Å². The van der Waals surface area contributed by atoms with Gasteiger partial charge in [0, 0.05) is 39.3 Å². The molecule has 4 nitrogen and oxygen atoms in total. The molecule has 7 atom stereocenters. The molecule has 4 aliphatic rings. The minimum Gasteiger partial charge on any atom is -0.378 e. The summed E-state index contributed by atoms with van der Waals surface area (Å²) in [6.45, 7) is 6.73. The third-order valence-corrected chi connectivity index (χ3v) is 10.8. The van der Waals surface area contributed by atoms with E-state index in [0.29, 0.717) is 28.7 Å². The van der Waals surface area contributed by atoms with Crippen molar-refractivity contribution >= 4 is 11.6 Å². The molecule has 3 aliphatic carbocycles. The highest BCUT2D eigenvalue weighted by molar-refractivity contribution is 5.77. The Labute approximate surface area is 201 Å². The highest BCUT2D eigenvalue weighted by atomic mass is 16.5. The Morgan fingerprint density at radius 3 is 2.42 bits per heavy atom. The van der Waals surface area contributed by atoms with Crippen molar-refractivity contribution in [2.45, 2.75) is 77.9 Å². The molecule has 2 unspecified atom stereocenters. The van der Waals surface area contributed by atoms with Crippen LogP contribution in [0.3, 0.4) is 0 Å². The number of hydrogen-bond acceptors (Lipinski definition) is 3. The topological polar surface area (TPSA) is 32.8 Å². The van der Waals surface area contributed by atoms with Crippen LogP contribution < -0.4 is 4.90 Å². The third kappa shape index (κ3) is 3.81. The first kappa shape index (κ1) is 23.2. The number of anilines is 1. The standard InChI is InChI=1S/C29H44N2O2/c1-28-16-14-25-23(11-13-26-29(25,2)17-15-27(32)31(26)5)24(28)12-8-21(28)19-33-18-20-6-9-22(10-7-20)30(3)4/h6-7,9-10,21,23-26H,8,11-19H2,1-5H3/t21?,23-,24-,25+,26?,28+,29+/m0/s1. The van der Waals surface area contributed by atoms with Crippen LogP contribution in [0.5, 0.6) is 0 Å². The number of likely N-dealkylation sites (tertiary alicyclic amines) is 1. The second-order valence-electron chi connectivity index (χ2n) is 12.4. The molecule has 1 aromatic rings. The number of benzene rings is 1. The number of fused-ring (bicyclic) bond motifs is 5. The summed E-state index contributed by atoms with van der Waals surface area (Å²) < 4.78 is 6.33. The molecule has 1 aliphatic heterocycles. The predicted octanol–water partition coefficient (Wildman–Crippen LogP) is 5.75. The van der Waals surface area contributed by atoms with Crippen LogP contribution in [0.15, 0.2) is 24.3 Å². The molecule has 1 amide bonds. The molecule has 0 radical (unpaired) electrons. The molecule has 1 heterocycles. The van der Waals surface area contributed by atoms with Crippen LogP contribution in [0, 0.1) is 34.5 Å². The first-order valence-corrected chi connectivity index (χ1v) is 13.3. The smallest absolute Gasteiger partial charge is 0.222 e. The Hall–Kier alpha value is -1.55. The van der Waals surface area contributed by atoms with Crippen LogP contribution in [-0.2, 0) is 16.1 Å². The molecule has 3 saturated carbocycles. The summed E-state index contributed by atoms with van der Waals surface area (Å²) >= 11 is 0. The number of carbonyl (C=O) groups excluding carboxylic acids is 1. The van der Waals surface area contributed by atoms with E-state index in [1.807, 2.05) is 0 Å². The van der Waals surface area contributed by atoms with Crippen molar-refractivity contribution < 1.29 is 9.53 Å². The Bertz CT molecular complexity index is 867. The second-order valence-corrected chi connectivity index (χ2v) is 12.4. The second kappa shape index (κ2) is 8.59. The van der Waals surface area contributed by atoms with Gasteiger partial charge >= 0.3 is 0 Å². The van der Waals surface area contributed by atoms with E-state index in [-0.39, 0.29) is 0 Å². The molecule has 0 bridgehead atoms. The van der Waals surface area contributed by atoms with Crippen LogP contribution in [0.1, 0.15) is 70.8 Å². The quantitative estimate of drug-likeness (QED) is 0.570. The van der Waals surface area contributed by atoms with E-state index >= 15 is 0 Å². The summed E-state index contributed by atoms with van der Waals surface area (Å²) in [4.78, 5) is 16.6. The zero-order valence-electron chi connectivity index (χ0n) is 21.5. The largest absolute Gasteiger partial charge is 0.378 e. The molecule has 0 spiro atoms. The number of nitrogens with zero attached hydrogens (tertiary/aromatic N) is 2. The lowest BCUT2D eigenvalue weighted by Crippen LogP contribution is -2.61. The zero-order chi connectivity index (χ0) is 23.4. The van der Waals surface area contributed by atoms with E-state index < -0.39 is 0 Å². The summed E-state index contributed by atoms with van der Waals surface area (Å²) in [6.07, 6.45) is 9.75. The van der Waals surface area contributed by atoms with E-state index in [1.165, 1.54) is 49.8 Å². The first-order valence-electron chi connectivity index (χ1n) is 13.3. The van der Waals surface area contributed by atoms with Gasteiger partial charge in [0.1, 0.15) is 0 Å². The number of carbonyl (C=O) groups is 1. The van der Waals surface area contributed by atoms with Gasteiger partial charge in [0.15, 0.2) is 0 Å². The fourth-order valence-corrected chi connectivity index (χ4v) is 8.74. The maximum atomic E-state index is 12.4. The maximum absolute atomic E-state index is 12.4. The van der Waals surface area contributed by atoms with Crippen LogP contribution in [0.4, 0.5) is 5.69 Å². The third-order valence-electron chi connectivity index (χ3n) is 10.8. The molecule has 182 valence electrons. The molecule has 1 saturated heterocycles. The van der Waals surface area contributed by atoms with E-state index in [2.05, 4.69) is 69.1 Å². The monoisotopic (exact) mass is 452 g/mol. The van der Waals surface area contributed by atoms with Crippen LogP contribution in [0.25, 0.3) is 0 Å². The van der Waals surface area contributed by atoms with E-state index in [9.17, 15) is 4.79 Å². The molecular formula is C29H44N2O2. The Morgan fingerprint density at radius 2 is 1.70 bits per heavy atom. The van der Waals surface area contributed by atoms with Crippen molar-refractivity contribution in [2.75, 3.05) is 32.6 Å². The van der Waals surface area contributed by atoms with E-state index in [0.717, 1.165) is 43.8 Å². The number of rotatable bonds is 5. The minimum atomic E-state index is 0.320. The van der Waals surface area contributed by atoms with Gasteiger partial charge in [-0.25, -0.2) is 0 Å². The Morgan fingerprint density at radius 1 is 0.970 bits per heavy atom. The van der Waals surface area contributed by atoms with Crippen LogP contribution in [0.2, 0.25) is 0 Å². The highest BCUT2D eigenvalue weighted by Crippen LogP contribution is 2.66. The average Bonchev–Trinajstić information content (AvgIpc) is 3.13. The average molecular weight is 453 g/mol. The van der Waals surface area contributed by atoms with Crippen LogP contribution in [-0.4, -0.2) is 44.6 Å². The molecule has 0 N–H and O–H groups in total. The Balaban J connectivity index is 1.23. The fraction of sp³-hybridized carbons (Fsp3) is 0.759. The maximum Gasteiger partial charge on any atom is 0.222 e. The van der Waals surface area contributed by atoms with Crippen molar-refractivity contribution in [3.63, 3.8) is 0 Å². The van der Waals surface area contributed by atoms with Crippen molar-refractivity contribution in [1.29, 1.82) is 0 Å². The molecule has 4 fully saturated rings. The van der Waals surface area contributed by atoms with Gasteiger partial charge in [-0.15, -0.1) is 0 Å². The van der Waals surface area contributed by atoms with Gasteiger partial charge in [0.2, 0.25) is 5.91 Å². The van der Waals surface area contributed by atoms with Crippen LogP contribution >= 0.6 is 0 Å². The van der Waals surface area contributed by atoms with E-state index in [1.54, 1.807) is 0 Å². The number of piperidine rings is 1. The SMILES string of the molecule is CN(C)c1ccc(COCC2CC[C@H]3[C@@H]4CCC5N(C)C(=O)CC[C@]5(C)[C@@H]4CC[C@]23C)cc1. The summed E-state index contributed by atoms with van der Waals surface area (Å²) in [5, 5.41) is 0. The van der Waals surface area contributed by atoms with Crippen molar-refractivity contribution in [3.8, 4) is 0 Å². The van der Waals surface area contributed by atoms with Gasteiger partial charge in [-0.1, -0.05) is 26.0 Å². The first-order chi connectivity index (χ1) is 15.7. The van der Waals surface area contributed by atoms with Gasteiger partial charge in [0.05, 0.1) is 13.2 Å². The van der Waals surface area contributed by atoms with Crippen molar-refractivity contribution in [2.24, 2.45) is 34.5 Å². The highest BCUT2D eigenvalue weighted by Gasteiger charge is 2.61. The summed E-state index contributed by atoms with van der Waals surface area (Å²) in [6, 6.07) is 9.22. The molecule has 5 rings (SSSR count). The summed E-state index contributed by atoms with van der Waals surface area (Å²) in [7, 11) is 6.22. The minimum absolute atomic E-state index is 0.320. The normalized spacial score (nSPS) is 40.2. The molecule has 33 heavy (non-hydrogen) atoms. The van der Waals surface area contributed by atoms with Gasteiger partial charge in [-0.2, -0.15) is 0 Å². The van der Waals surface area contributed by atoms with Crippen molar-refractivity contribution in [3.05, 3.63) is 29.8 Å². The molecule has 1 aromatic carbocycles. The van der Waals surface area contributed by atoms with Gasteiger partial charge in [-0.05, 0) is 97.1 Å². The van der Waals surface area contributed by atoms with Gasteiger partial charge < -0.3 is 14.5 Å². The van der Waals surface area contributed by atoms with E-state index in [4.69, 9.17) is 4.74 Å². The predicted molar refractivity (Wildman–Crippen MR) is 134 cm³/mol. The number of hydrogen-bond donors (Lipinski definition) is 0.